The van der Waals surface area contributed by atoms with E-state index in [1.54, 1.807) is 0 Å². The second kappa shape index (κ2) is 6.53. The van der Waals surface area contributed by atoms with Gasteiger partial charge in [0.05, 0.1) is 0 Å². The molecule has 0 fully saturated rings. The van der Waals surface area contributed by atoms with Gasteiger partial charge in [0.1, 0.15) is 0 Å². The first-order valence-electron chi connectivity index (χ1n) is 6.99. The van der Waals surface area contributed by atoms with E-state index in [1.807, 2.05) is 0 Å². The molecule has 0 spiro atoms. The van der Waals surface area contributed by atoms with E-state index < -0.39 is 0 Å². The summed E-state index contributed by atoms with van der Waals surface area (Å²) in [6.07, 6.45) is 0. The smallest absolute Gasteiger partial charge is 0.0208 e. The van der Waals surface area contributed by atoms with Crippen LogP contribution in [0, 0.1) is 13.8 Å². The van der Waals surface area contributed by atoms with E-state index in [2.05, 4.69) is 74.6 Å². The van der Waals surface area contributed by atoms with Crippen LogP contribution in [0.25, 0.3) is 0 Å². The minimum absolute atomic E-state index is 0.548. The third-order valence-electron chi connectivity index (χ3n) is 3.85. The molecule has 1 unspecified atom stereocenters. The van der Waals surface area contributed by atoms with Crippen molar-refractivity contribution in [1.82, 2.24) is 5.32 Å². The summed E-state index contributed by atoms with van der Waals surface area (Å²) in [4.78, 5) is 0. The molecule has 1 nitrogen and oxygen atoms in total. The summed E-state index contributed by atoms with van der Waals surface area (Å²) in [7, 11) is 0. The Morgan fingerprint density at radius 2 is 1.68 bits per heavy atom. The van der Waals surface area contributed by atoms with Crippen LogP contribution in [-0.2, 0) is 6.54 Å². The van der Waals surface area contributed by atoms with Gasteiger partial charge in [-0.15, -0.1) is 0 Å². The quantitative estimate of drug-likeness (QED) is 0.842. The summed E-state index contributed by atoms with van der Waals surface area (Å²) in [5.41, 5.74) is 5.58. The summed E-state index contributed by atoms with van der Waals surface area (Å²) >= 11 is 0. The molecule has 19 heavy (non-hydrogen) atoms. The molecule has 100 valence electrons. The molecule has 1 heteroatoms. The first-order valence-corrected chi connectivity index (χ1v) is 6.99. The fourth-order valence-electron chi connectivity index (χ4n) is 2.33. The van der Waals surface area contributed by atoms with Crippen molar-refractivity contribution in [3.63, 3.8) is 0 Å². The Labute approximate surface area is 116 Å². The van der Waals surface area contributed by atoms with Gasteiger partial charge < -0.3 is 5.32 Å². The van der Waals surface area contributed by atoms with Gasteiger partial charge in [-0.2, -0.15) is 0 Å². The van der Waals surface area contributed by atoms with E-state index in [-0.39, 0.29) is 0 Å². The Morgan fingerprint density at radius 1 is 0.947 bits per heavy atom. The van der Waals surface area contributed by atoms with Crippen molar-refractivity contribution in [3.05, 3.63) is 70.8 Å². The minimum Gasteiger partial charge on any atom is -0.312 e. The van der Waals surface area contributed by atoms with Crippen molar-refractivity contribution in [1.29, 1.82) is 0 Å². The lowest BCUT2D eigenvalue weighted by Crippen LogP contribution is -2.20. The number of nitrogens with one attached hydrogen (secondary N) is 1. The third-order valence-corrected chi connectivity index (χ3v) is 3.85. The lowest BCUT2D eigenvalue weighted by atomic mass is 10.0. The molecule has 0 saturated carbocycles. The molecule has 0 amide bonds. The van der Waals surface area contributed by atoms with E-state index >= 15 is 0 Å². The molecule has 0 saturated heterocycles. The maximum absolute atomic E-state index is 3.57. The van der Waals surface area contributed by atoms with Gasteiger partial charge in [0, 0.05) is 13.1 Å². The number of benzene rings is 2. The average Bonchev–Trinajstić information content (AvgIpc) is 2.44. The number of hydrogen-bond acceptors (Lipinski definition) is 1. The van der Waals surface area contributed by atoms with Crippen molar-refractivity contribution < 1.29 is 0 Å². The minimum atomic E-state index is 0.548. The van der Waals surface area contributed by atoms with Gasteiger partial charge in [-0.25, -0.2) is 0 Å². The molecule has 0 aliphatic heterocycles. The summed E-state index contributed by atoms with van der Waals surface area (Å²) in [6, 6.07) is 17.2. The van der Waals surface area contributed by atoms with Gasteiger partial charge in [-0.3, -0.25) is 0 Å². The van der Waals surface area contributed by atoms with Crippen LogP contribution in [0.5, 0.6) is 0 Å². The van der Waals surface area contributed by atoms with Crippen LogP contribution in [0.1, 0.15) is 35.1 Å². The molecule has 0 bridgehead atoms. The summed E-state index contributed by atoms with van der Waals surface area (Å²) < 4.78 is 0. The van der Waals surface area contributed by atoms with Gasteiger partial charge in [-0.1, -0.05) is 55.5 Å². The van der Waals surface area contributed by atoms with Crippen LogP contribution < -0.4 is 5.32 Å². The molecule has 0 aromatic heterocycles. The molecule has 0 aliphatic rings. The molecular weight excluding hydrogens is 230 g/mol. The van der Waals surface area contributed by atoms with E-state index in [0.29, 0.717) is 5.92 Å². The zero-order valence-corrected chi connectivity index (χ0v) is 12.1. The van der Waals surface area contributed by atoms with Crippen molar-refractivity contribution in [2.45, 2.75) is 33.2 Å². The van der Waals surface area contributed by atoms with Gasteiger partial charge in [0.2, 0.25) is 0 Å². The Hall–Kier alpha value is -1.60. The lowest BCUT2D eigenvalue weighted by Gasteiger charge is -2.14. The van der Waals surface area contributed by atoms with Crippen molar-refractivity contribution in [3.8, 4) is 0 Å². The van der Waals surface area contributed by atoms with Gasteiger partial charge in [0.15, 0.2) is 0 Å². The highest BCUT2D eigenvalue weighted by Crippen LogP contribution is 2.15. The van der Waals surface area contributed by atoms with Crippen molar-refractivity contribution in [2.75, 3.05) is 6.54 Å². The maximum Gasteiger partial charge on any atom is 0.0208 e. The molecule has 0 radical (unpaired) electrons. The topological polar surface area (TPSA) is 12.0 Å². The van der Waals surface area contributed by atoms with Crippen molar-refractivity contribution >= 4 is 0 Å². The van der Waals surface area contributed by atoms with Crippen molar-refractivity contribution in [2.24, 2.45) is 0 Å². The molecule has 2 rings (SSSR count). The predicted molar refractivity (Wildman–Crippen MR) is 82.5 cm³/mol. The number of hydrogen-bond donors (Lipinski definition) is 1. The van der Waals surface area contributed by atoms with E-state index in [0.717, 1.165) is 13.1 Å². The van der Waals surface area contributed by atoms with Gasteiger partial charge >= 0.3 is 0 Å². The predicted octanol–water partition coefficient (Wildman–Crippen LogP) is 4.20. The van der Waals surface area contributed by atoms with E-state index in [1.165, 1.54) is 22.3 Å². The number of rotatable bonds is 5. The zero-order valence-electron chi connectivity index (χ0n) is 12.1. The van der Waals surface area contributed by atoms with E-state index in [4.69, 9.17) is 0 Å². The zero-order chi connectivity index (χ0) is 13.7. The molecule has 0 aliphatic carbocycles. The number of aryl methyl sites for hydroxylation is 1. The third kappa shape index (κ3) is 3.68. The second-order valence-corrected chi connectivity index (χ2v) is 5.30. The average molecular weight is 253 g/mol. The summed E-state index contributed by atoms with van der Waals surface area (Å²) in [5, 5.41) is 3.57. The molecule has 1 N–H and O–H groups in total. The largest absolute Gasteiger partial charge is 0.312 e. The van der Waals surface area contributed by atoms with Crippen LogP contribution in [0.2, 0.25) is 0 Å². The normalized spacial score (nSPS) is 12.4. The van der Waals surface area contributed by atoms with Crippen LogP contribution in [0.4, 0.5) is 0 Å². The Kier molecular flexibility index (Phi) is 4.75. The SMILES string of the molecule is Cc1cccc(CNCC(C)c2ccccc2)c1C. The van der Waals surface area contributed by atoms with Crippen LogP contribution >= 0.6 is 0 Å². The highest BCUT2D eigenvalue weighted by Gasteiger charge is 2.05. The standard InChI is InChI=1S/C18H23N/c1-14-8-7-11-18(16(14)3)13-19-12-15(2)17-9-5-4-6-10-17/h4-11,15,19H,12-13H2,1-3H3. The first kappa shape index (κ1) is 13.8. The second-order valence-electron chi connectivity index (χ2n) is 5.30. The Balaban J connectivity index is 1.88. The van der Waals surface area contributed by atoms with Gasteiger partial charge in [0.25, 0.3) is 0 Å². The molecule has 2 aromatic rings. The Bertz CT molecular complexity index is 516. The van der Waals surface area contributed by atoms with Crippen LogP contribution in [-0.4, -0.2) is 6.54 Å². The van der Waals surface area contributed by atoms with Crippen LogP contribution in [0.15, 0.2) is 48.5 Å². The summed E-state index contributed by atoms with van der Waals surface area (Å²) in [6.45, 7) is 8.60. The summed E-state index contributed by atoms with van der Waals surface area (Å²) in [5.74, 6) is 0.548. The van der Waals surface area contributed by atoms with E-state index in [9.17, 15) is 0 Å². The molecular formula is C18H23N. The van der Waals surface area contributed by atoms with Crippen LogP contribution in [0.3, 0.4) is 0 Å². The monoisotopic (exact) mass is 253 g/mol. The maximum atomic E-state index is 3.57. The lowest BCUT2D eigenvalue weighted by molar-refractivity contribution is 0.613. The molecule has 2 aromatic carbocycles. The highest BCUT2D eigenvalue weighted by atomic mass is 14.9. The fourth-order valence-corrected chi connectivity index (χ4v) is 2.33. The molecule has 1 atom stereocenters. The highest BCUT2D eigenvalue weighted by molar-refractivity contribution is 5.33. The fraction of sp³-hybridized carbons (Fsp3) is 0.333. The Morgan fingerprint density at radius 3 is 2.42 bits per heavy atom. The van der Waals surface area contributed by atoms with Gasteiger partial charge in [-0.05, 0) is 42.0 Å². The molecule has 0 heterocycles. The first-order chi connectivity index (χ1) is 9.18.